The van der Waals surface area contributed by atoms with Gasteiger partial charge in [0.1, 0.15) is 5.92 Å². The molecule has 24 heavy (non-hydrogen) atoms. The third kappa shape index (κ3) is 2.72. The molecule has 1 saturated carbocycles. The molecular weight excluding hydrogens is 302 g/mol. The lowest BCUT2D eigenvalue weighted by Gasteiger charge is -2.51. The van der Waals surface area contributed by atoms with E-state index >= 15 is 0 Å². The molecule has 1 aliphatic heterocycles. The average Bonchev–Trinajstić information content (AvgIpc) is 2.78. The van der Waals surface area contributed by atoms with Crippen LogP contribution in [0.5, 0.6) is 0 Å². The van der Waals surface area contributed by atoms with Crippen LogP contribution in [-0.4, -0.2) is 34.0 Å². The average molecular weight is 329 g/mol. The lowest BCUT2D eigenvalue weighted by atomic mass is 9.68. The molecule has 1 fully saturated rings. The SMILES string of the molecule is CC(C)CN1C(=O)c2ccccc2C(C(=O)O)C12CCCCCC2. The molecule has 4 nitrogen and oxygen atoms in total. The van der Waals surface area contributed by atoms with Gasteiger partial charge in [0.2, 0.25) is 0 Å². The predicted octanol–water partition coefficient (Wildman–Crippen LogP) is 4.06. The highest BCUT2D eigenvalue weighted by Crippen LogP contribution is 2.48. The Morgan fingerprint density at radius 1 is 1.21 bits per heavy atom. The summed E-state index contributed by atoms with van der Waals surface area (Å²) in [5.74, 6) is -1.10. The first-order valence-corrected chi connectivity index (χ1v) is 9.11. The number of carboxylic acid groups (broad SMARTS) is 1. The van der Waals surface area contributed by atoms with Gasteiger partial charge in [0, 0.05) is 12.1 Å². The molecule has 2 aliphatic rings. The minimum atomic E-state index is -0.800. The van der Waals surface area contributed by atoms with E-state index in [2.05, 4.69) is 13.8 Å². The van der Waals surface area contributed by atoms with E-state index in [-0.39, 0.29) is 5.91 Å². The fraction of sp³-hybridized carbons (Fsp3) is 0.600. The van der Waals surface area contributed by atoms with E-state index in [1.165, 1.54) is 0 Å². The van der Waals surface area contributed by atoms with E-state index in [1.807, 2.05) is 23.1 Å². The highest BCUT2D eigenvalue weighted by Gasteiger charge is 2.54. The molecule has 1 unspecified atom stereocenters. The Hall–Kier alpha value is -1.84. The molecule has 4 heteroatoms. The molecule has 1 aromatic carbocycles. The number of fused-ring (bicyclic) bond motifs is 1. The maximum absolute atomic E-state index is 13.2. The smallest absolute Gasteiger partial charge is 0.313 e. The second kappa shape index (κ2) is 6.58. The van der Waals surface area contributed by atoms with Crippen molar-refractivity contribution < 1.29 is 14.7 Å². The third-order valence-electron chi connectivity index (χ3n) is 5.59. The Morgan fingerprint density at radius 2 is 1.83 bits per heavy atom. The van der Waals surface area contributed by atoms with Crippen molar-refractivity contribution in [3.05, 3.63) is 35.4 Å². The topological polar surface area (TPSA) is 57.6 Å². The molecule has 1 heterocycles. The molecule has 1 aromatic rings. The van der Waals surface area contributed by atoms with Crippen molar-refractivity contribution in [1.29, 1.82) is 0 Å². The maximum atomic E-state index is 13.2. The number of rotatable bonds is 3. The van der Waals surface area contributed by atoms with Gasteiger partial charge in [-0.1, -0.05) is 57.7 Å². The number of carboxylic acids is 1. The van der Waals surface area contributed by atoms with Gasteiger partial charge in [-0.2, -0.15) is 0 Å². The molecule has 0 saturated heterocycles. The summed E-state index contributed by atoms with van der Waals surface area (Å²) in [4.78, 5) is 27.5. The third-order valence-corrected chi connectivity index (χ3v) is 5.59. The van der Waals surface area contributed by atoms with Crippen LogP contribution in [0, 0.1) is 5.92 Å². The van der Waals surface area contributed by atoms with Crippen molar-refractivity contribution in [2.45, 2.75) is 63.8 Å². The van der Waals surface area contributed by atoms with Crippen molar-refractivity contribution >= 4 is 11.9 Å². The number of hydrogen-bond donors (Lipinski definition) is 1. The van der Waals surface area contributed by atoms with Gasteiger partial charge in [0.05, 0.1) is 5.54 Å². The number of benzene rings is 1. The number of amides is 1. The zero-order valence-electron chi connectivity index (χ0n) is 14.6. The first-order chi connectivity index (χ1) is 11.5. The highest BCUT2D eigenvalue weighted by molar-refractivity contribution is 6.01. The zero-order valence-corrected chi connectivity index (χ0v) is 14.6. The second-order valence-corrected chi connectivity index (χ2v) is 7.69. The first kappa shape index (κ1) is 17.0. The van der Waals surface area contributed by atoms with Crippen LogP contribution >= 0.6 is 0 Å². The van der Waals surface area contributed by atoms with Gasteiger partial charge >= 0.3 is 5.97 Å². The summed E-state index contributed by atoms with van der Waals surface area (Å²) in [6.07, 6.45) is 5.81. The van der Waals surface area contributed by atoms with Crippen molar-refractivity contribution in [3.63, 3.8) is 0 Å². The van der Waals surface area contributed by atoms with Gasteiger partial charge in [-0.25, -0.2) is 0 Å². The van der Waals surface area contributed by atoms with Gasteiger partial charge in [-0.3, -0.25) is 9.59 Å². The minimum absolute atomic E-state index is 0.0127. The normalized spacial score (nSPS) is 23.2. The fourth-order valence-electron chi connectivity index (χ4n) is 4.63. The number of carbonyl (C=O) groups is 2. The van der Waals surface area contributed by atoms with E-state index in [1.54, 1.807) is 6.07 Å². The van der Waals surface area contributed by atoms with Gasteiger partial charge in [0.15, 0.2) is 0 Å². The summed E-state index contributed by atoms with van der Waals surface area (Å²) in [6, 6.07) is 7.30. The predicted molar refractivity (Wildman–Crippen MR) is 93.1 cm³/mol. The van der Waals surface area contributed by atoms with Crippen molar-refractivity contribution in [3.8, 4) is 0 Å². The molecule has 1 N–H and O–H groups in total. The van der Waals surface area contributed by atoms with E-state index in [4.69, 9.17) is 0 Å². The van der Waals surface area contributed by atoms with Crippen LogP contribution in [0.1, 0.15) is 74.2 Å². The molecule has 130 valence electrons. The van der Waals surface area contributed by atoms with Crippen molar-refractivity contribution in [1.82, 2.24) is 4.90 Å². The second-order valence-electron chi connectivity index (χ2n) is 7.69. The quantitative estimate of drug-likeness (QED) is 0.910. The summed E-state index contributed by atoms with van der Waals surface area (Å²) >= 11 is 0. The molecule has 0 bridgehead atoms. The summed E-state index contributed by atoms with van der Waals surface area (Å²) < 4.78 is 0. The Labute approximate surface area is 143 Å². The monoisotopic (exact) mass is 329 g/mol. The molecule has 1 atom stereocenters. The zero-order chi connectivity index (χ0) is 17.3. The largest absolute Gasteiger partial charge is 0.481 e. The Kier molecular flexibility index (Phi) is 4.66. The fourth-order valence-corrected chi connectivity index (χ4v) is 4.63. The summed E-state index contributed by atoms with van der Waals surface area (Å²) in [6.45, 7) is 4.80. The molecule has 0 radical (unpaired) electrons. The van der Waals surface area contributed by atoms with Crippen molar-refractivity contribution in [2.75, 3.05) is 6.54 Å². The number of hydrogen-bond acceptors (Lipinski definition) is 2. The number of nitrogens with zero attached hydrogens (tertiary/aromatic N) is 1. The van der Waals surface area contributed by atoms with Gasteiger partial charge in [0.25, 0.3) is 5.91 Å². The number of carbonyl (C=O) groups excluding carboxylic acids is 1. The Morgan fingerprint density at radius 3 is 2.42 bits per heavy atom. The van der Waals surface area contributed by atoms with Gasteiger partial charge < -0.3 is 10.0 Å². The molecule has 3 rings (SSSR count). The van der Waals surface area contributed by atoms with Crippen LogP contribution in [0.3, 0.4) is 0 Å². The minimum Gasteiger partial charge on any atom is -0.481 e. The number of aliphatic carboxylic acids is 1. The molecule has 1 amide bonds. The van der Waals surface area contributed by atoms with Crippen LogP contribution in [0.4, 0.5) is 0 Å². The summed E-state index contributed by atoms with van der Waals surface area (Å²) in [7, 11) is 0. The molecular formula is C20H27NO3. The van der Waals surface area contributed by atoms with E-state index in [0.29, 0.717) is 23.6 Å². The molecule has 1 spiro atoms. The standard InChI is InChI=1S/C20H27NO3/c1-14(2)13-21-18(22)16-10-6-5-9-15(16)17(19(23)24)20(21)11-7-3-4-8-12-20/h5-6,9-10,14,17H,3-4,7-8,11-13H2,1-2H3,(H,23,24). The van der Waals surface area contributed by atoms with E-state index < -0.39 is 17.4 Å². The molecule has 0 aromatic heterocycles. The summed E-state index contributed by atoms with van der Waals surface area (Å²) in [5.41, 5.74) is 0.704. The first-order valence-electron chi connectivity index (χ1n) is 9.11. The lowest BCUT2D eigenvalue weighted by Crippen LogP contribution is -2.61. The van der Waals surface area contributed by atoms with Crippen LogP contribution in [0.2, 0.25) is 0 Å². The maximum Gasteiger partial charge on any atom is 0.313 e. The summed E-state index contributed by atoms with van der Waals surface area (Å²) in [5, 5.41) is 10.1. The van der Waals surface area contributed by atoms with E-state index in [0.717, 1.165) is 38.5 Å². The van der Waals surface area contributed by atoms with E-state index in [9.17, 15) is 14.7 Å². The van der Waals surface area contributed by atoms with Crippen LogP contribution < -0.4 is 0 Å². The van der Waals surface area contributed by atoms with Crippen LogP contribution in [0.25, 0.3) is 0 Å². The molecule has 1 aliphatic carbocycles. The highest BCUT2D eigenvalue weighted by atomic mass is 16.4. The van der Waals surface area contributed by atoms with Gasteiger partial charge in [-0.15, -0.1) is 0 Å². The lowest BCUT2D eigenvalue weighted by molar-refractivity contribution is -0.143. The van der Waals surface area contributed by atoms with Crippen LogP contribution in [-0.2, 0) is 4.79 Å². The van der Waals surface area contributed by atoms with Crippen LogP contribution in [0.15, 0.2) is 24.3 Å². The van der Waals surface area contributed by atoms with Gasteiger partial charge in [-0.05, 0) is 30.4 Å². The Balaban J connectivity index is 2.19. The van der Waals surface area contributed by atoms with Crippen molar-refractivity contribution in [2.24, 2.45) is 5.92 Å². The Bertz CT molecular complexity index is 630.